The number of para-hydroxylation sites is 2. The summed E-state index contributed by atoms with van der Waals surface area (Å²) in [6, 6.07) is 9.37. The van der Waals surface area contributed by atoms with Crippen molar-refractivity contribution in [1.29, 1.82) is 5.26 Å². The molecule has 0 N–H and O–H groups in total. The number of amides is 1. The molecule has 25 heavy (non-hydrogen) atoms. The van der Waals surface area contributed by atoms with Crippen LogP contribution in [-0.4, -0.2) is 47.0 Å². The third-order valence-corrected chi connectivity index (χ3v) is 4.31. The van der Waals surface area contributed by atoms with E-state index in [1.165, 1.54) is 4.90 Å². The van der Waals surface area contributed by atoms with Crippen LogP contribution in [0.3, 0.4) is 0 Å². The zero-order valence-corrected chi connectivity index (χ0v) is 14.4. The minimum Gasteiger partial charge on any atom is -0.485 e. The number of ether oxygens (including phenoxy) is 2. The summed E-state index contributed by atoms with van der Waals surface area (Å²) in [6.45, 7) is 0.677. The first-order chi connectivity index (χ1) is 12.2. The summed E-state index contributed by atoms with van der Waals surface area (Å²) >= 11 is 1.15. The number of hydrogen-bond donors (Lipinski definition) is 0. The molecule has 0 fully saturated rings. The largest absolute Gasteiger partial charge is 0.485 e. The maximum Gasteiger partial charge on any atom is 0.277 e. The van der Waals surface area contributed by atoms with E-state index >= 15 is 0 Å². The Bertz CT molecular complexity index is 788. The molecule has 0 aliphatic carbocycles. The molecule has 9 heteroatoms. The third kappa shape index (κ3) is 4.22. The predicted octanol–water partition coefficient (Wildman–Crippen LogP) is 2.05. The Morgan fingerprint density at radius 2 is 2.20 bits per heavy atom. The van der Waals surface area contributed by atoms with Gasteiger partial charge in [0.15, 0.2) is 11.5 Å². The van der Waals surface area contributed by atoms with Gasteiger partial charge in [-0.25, -0.2) is 0 Å². The number of carbonyl (C=O) groups excluding carboxylic acids is 1. The molecule has 0 spiro atoms. The molecule has 0 saturated heterocycles. The van der Waals surface area contributed by atoms with Gasteiger partial charge in [0.2, 0.25) is 12.0 Å². The van der Waals surface area contributed by atoms with Crippen molar-refractivity contribution in [2.24, 2.45) is 0 Å². The highest BCUT2D eigenvalue weighted by Gasteiger charge is 2.27. The highest BCUT2D eigenvalue weighted by atomic mass is 32.2. The summed E-state index contributed by atoms with van der Waals surface area (Å²) in [6.07, 6.45) is -0.177. The monoisotopic (exact) mass is 360 g/mol. The average molecular weight is 360 g/mol. The van der Waals surface area contributed by atoms with Gasteiger partial charge in [-0.1, -0.05) is 23.9 Å². The molecule has 0 radical (unpaired) electrons. The van der Waals surface area contributed by atoms with Gasteiger partial charge in [0.05, 0.1) is 18.2 Å². The summed E-state index contributed by atoms with van der Waals surface area (Å²) in [5.41, 5.74) is 0. The lowest BCUT2D eigenvalue weighted by atomic mass is 10.2. The topological polar surface area (TPSA) is 101 Å². The Hall–Kier alpha value is -2.73. The van der Waals surface area contributed by atoms with Crippen LogP contribution in [0.2, 0.25) is 0 Å². The van der Waals surface area contributed by atoms with Crippen molar-refractivity contribution in [1.82, 2.24) is 15.1 Å². The second-order valence-electron chi connectivity index (χ2n) is 5.28. The Morgan fingerprint density at radius 3 is 3.00 bits per heavy atom. The van der Waals surface area contributed by atoms with Gasteiger partial charge in [-0.2, -0.15) is 5.26 Å². The van der Waals surface area contributed by atoms with Crippen molar-refractivity contribution in [2.45, 2.75) is 17.7 Å². The van der Waals surface area contributed by atoms with E-state index in [2.05, 4.69) is 10.2 Å². The van der Waals surface area contributed by atoms with Crippen LogP contribution in [0.15, 0.2) is 33.9 Å². The molecule has 1 aliphatic heterocycles. The van der Waals surface area contributed by atoms with Crippen molar-refractivity contribution in [2.75, 3.05) is 26.0 Å². The SMILES string of the molecule is CN(CCC#N)C(=O)CSc1nnc(C2COc3ccccc3O2)o1. The highest BCUT2D eigenvalue weighted by molar-refractivity contribution is 7.99. The first-order valence-corrected chi connectivity index (χ1v) is 8.61. The number of aromatic nitrogens is 2. The number of fused-ring (bicyclic) bond motifs is 1. The molecular weight excluding hydrogens is 344 g/mol. The molecule has 2 heterocycles. The lowest BCUT2D eigenvalue weighted by molar-refractivity contribution is -0.127. The zero-order chi connectivity index (χ0) is 17.6. The fourth-order valence-corrected chi connectivity index (χ4v) is 2.84. The Morgan fingerprint density at radius 1 is 1.40 bits per heavy atom. The number of carbonyl (C=O) groups is 1. The molecule has 0 saturated carbocycles. The Labute approximate surface area is 148 Å². The van der Waals surface area contributed by atoms with Crippen LogP contribution >= 0.6 is 11.8 Å². The van der Waals surface area contributed by atoms with Crippen molar-refractivity contribution < 1.29 is 18.7 Å². The van der Waals surface area contributed by atoms with Gasteiger partial charge in [-0.15, -0.1) is 10.2 Å². The van der Waals surface area contributed by atoms with Crippen LogP contribution in [0, 0.1) is 11.3 Å². The maximum absolute atomic E-state index is 11.9. The average Bonchev–Trinajstić information content (AvgIpc) is 3.12. The number of benzene rings is 1. The van der Waals surface area contributed by atoms with Crippen molar-refractivity contribution in [3.05, 3.63) is 30.2 Å². The van der Waals surface area contributed by atoms with Gasteiger partial charge in [0.1, 0.15) is 6.61 Å². The fraction of sp³-hybridized carbons (Fsp3) is 0.375. The van der Waals surface area contributed by atoms with E-state index in [4.69, 9.17) is 19.2 Å². The van der Waals surface area contributed by atoms with Gasteiger partial charge in [-0.3, -0.25) is 4.79 Å². The first-order valence-electron chi connectivity index (χ1n) is 7.63. The van der Waals surface area contributed by atoms with Gasteiger partial charge in [0, 0.05) is 13.6 Å². The van der Waals surface area contributed by atoms with Crippen LogP contribution in [0.1, 0.15) is 18.4 Å². The van der Waals surface area contributed by atoms with Crippen molar-refractivity contribution in [3.8, 4) is 17.6 Å². The molecule has 1 aromatic heterocycles. The third-order valence-electron chi connectivity index (χ3n) is 3.51. The maximum atomic E-state index is 11.9. The lowest BCUT2D eigenvalue weighted by Crippen LogP contribution is -2.29. The standard InChI is InChI=1S/C16H16N4O4S/c1-20(8-4-7-17)14(21)10-25-16-19-18-15(24-16)13-9-22-11-5-2-3-6-12(11)23-13/h2-3,5-6,13H,4,8-10H2,1H3. The molecular formula is C16H16N4O4S. The number of thioether (sulfide) groups is 1. The summed E-state index contributed by atoms with van der Waals surface area (Å²) in [4.78, 5) is 13.4. The highest BCUT2D eigenvalue weighted by Crippen LogP contribution is 2.35. The number of nitrogens with zero attached hydrogens (tertiary/aromatic N) is 4. The van der Waals surface area contributed by atoms with Gasteiger partial charge in [0.25, 0.3) is 11.1 Å². The molecule has 1 atom stereocenters. The van der Waals surface area contributed by atoms with Crippen molar-refractivity contribution >= 4 is 17.7 Å². The van der Waals surface area contributed by atoms with E-state index < -0.39 is 6.10 Å². The van der Waals surface area contributed by atoms with E-state index in [1.807, 2.05) is 30.3 Å². The quantitative estimate of drug-likeness (QED) is 0.721. The fourth-order valence-electron chi connectivity index (χ4n) is 2.13. The second-order valence-corrected chi connectivity index (χ2v) is 6.21. The van der Waals surface area contributed by atoms with Crippen LogP contribution in [0.5, 0.6) is 11.5 Å². The summed E-state index contributed by atoms with van der Waals surface area (Å²) in [5, 5.41) is 16.7. The minimum absolute atomic E-state index is 0.105. The molecule has 2 aromatic rings. The van der Waals surface area contributed by atoms with E-state index in [1.54, 1.807) is 7.05 Å². The van der Waals surface area contributed by atoms with E-state index in [-0.39, 0.29) is 18.3 Å². The molecule has 0 bridgehead atoms. The number of hydrogen-bond acceptors (Lipinski definition) is 8. The van der Waals surface area contributed by atoms with E-state index in [9.17, 15) is 4.79 Å². The van der Waals surface area contributed by atoms with Crippen molar-refractivity contribution in [3.63, 3.8) is 0 Å². The van der Waals surface area contributed by atoms with Gasteiger partial charge in [-0.05, 0) is 12.1 Å². The van der Waals surface area contributed by atoms with Crippen LogP contribution in [0.25, 0.3) is 0 Å². The Balaban J connectivity index is 1.55. The van der Waals surface area contributed by atoms with Crippen LogP contribution in [-0.2, 0) is 4.79 Å². The second kappa shape index (κ2) is 7.90. The minimum atomic E-state index is -0.481. The van der Waals surface area contributed by atoms with Gasteiger partial charge < -0.3 is 18.8 Å². The van der Waals surface area contributed by atoms with E-state index in [0.717, 1.165) is 11.8 Å². The summed E-state index contributed by atoms with van der Waals surface area (Å²) in [5.74, 6) is 1.67. The summed E-state index contributed by atoms with van der Waals surface area (Å²) < 4.78 is 17.0. The number of nitriles is 1. The van der Waals surface area contributed by atoms with E-state index in [0.29, 0.717) is 35.6 Å². The normalized spacial score (nSPS) is 15.4. The predicted molar refractivity (Wildman–Crippen MR) is 88.2 cm³/mol. The number of rotatable bonds is 6. The summed E-state index contributed by atoms with van der Waals surface area (Å²) in [7, 11) is 1.66. The smallest absolute Gasteiger partial charge is 0.277 e. The molecule has 1 aromatic carbocycles. The van der Waals surface area contributed by atoms with Crippen LogP contribution in [0.4, 0.5) is 0 Å². The van der Waals surface area contributed by atoms with Crippen LogP contribution < -0.4 is 9.47 Å². The van der Waals surface area contributed by atoms with Gasteiger partial charge >= 0.3 is 0 Å². The molecule has 1 aliphatic rings. The zero-order valence-electron chi connectivity index (χ0n) is 13.5. The molecule has 130 valence electrons. The molecule has 8 nitrogen and oxygen atoms in total. The lowest BCUT2D eigenvalue weighted by Gasteiger charge is -2.23. The first kappa shape index (κ1) is 17.1. The Kier molecular flexibility index (Phi) is 5.40. The molecule has 1 amide bonds. The molecule has 3 rings (SSSR count). The molecule has 1 unspecified atom stereocenters.